The van der Waals surface area contributed by atoms with Crippen LogP contribution in [0.3, 0.4) is 0 Å². The van der Waals surface area contributed by atoms with Crippen molar-refractivity contribution in [3.8, 4) is 0 Å². The van der Waals surface area contributed by atoms with Crippen molar-refractivity contribution < 1.29 is 24.2 Å². The highest BCUT2D eigenvalue weighted by Gasteiger charge is 2.35. The minimum absolute atomic E-state index is 0.00159. The maximum absolute atomic E-state index is 12.4. The predicted molar refractivity (Wildman–Crippen MR) is 94.7 cm³/mol. The average Bonchev–Trinajstić information content (AvgIpc) is 2.92. The molecule has 0 atom stereocenters. The maximum Gasteiger partial charge on any atom is 0.337 e. The Morgan fingerprint density at radius 1 is 1.04 bits per heavy atom. The summed E-state index contributed by atoms with van der Waals surface area (Å²) in [5.41, 5.74) is 2.40. The second-order valence-electron chi connectivity index (χ2n) is 5.82. The van der Waals surface area contributed by atoms with Gasteiger partial charge in [-0.15, -0.1) is 0 Å². The second kappa shape index (κ2) is 7.33. The molecule has 0 bridgehead atoms. The number of methoxy groups -OCH3 is 1. The molecule has 0 unspecified atom stereocenters. The molecule has 0 spiro atoms. The Labute approximate surface area is 150 Å². The lowest BCUT2D eigenvalue weighted by Crippen LogP contribution is -2.32. The van der Waals surface area contributed by atoms with Gasteiger partial charge in [-0.1, -0.05) is 30.3 Å². The molecule has 0 aliphatic carbocycles. The Morgan fingerprint density at radius 3 is 2.12 bits per heavy atom. The fourth-order valence-electron chi connectivity index (χ4n) is 2.80. The van der Waals surface area contributed by atoms with E-state index in [1.165, 1.54) is 7.11 Å². The molecule has 1 N–H and O–H groups in total. The van der Waals surface area contributed by atoms with E-state index in [1.807, 2.05) is 0 Å². The van der Waals surface area contributed by atoms with Crippen molar-refractivity contribution in [2.75, 3.05) is 20.3 Å². The number of aliphatic hydroxyl groups excluding tert-OH is 1. The zero-order chi connectivity index (χ0) is 18.7. The standard InChI is InChI=1S/C20H17NO5/c1-26-20(25)15-8-6-13(7-9-15)10-14(12-22)11-21-18(23)16-4-2-3-5-17(16)19(21)24/h2-10,22H,11-12H2,1H3/b14-10-. The Morgan fingerprint density at radius 2 is 1.62 bits per heavy atom. The number of benzene rings is 2. The molecular weight excluding hydrogens is 334 g/mol. The summed E-state index contributed by atoms with van der Waals surface area (Å²) in [6.45, 7) is -0.298. The summed E-state index contributed by atoms with van der Waals surface area (Å²) in [5.74, 6) is -1.18. The van der Waals surface area contributed by atoms with Crippen molar-refractivity contribution in [2.45, 2.75) is 0 Å². The third-order valence-electron chi connectivity index (χ3n) is 4.15. The van der Waals surface area contributed by atoms with Crippen LogP contribution >= 0.6 is 0 Å². The van der Waals surface area contributed by atoms with Crippen molar-refractivity contribution in [3.63, 3.8) is 0 Å². The van der Waals surface area contributed by atoms with Gasteiger partial charge >= 0.3 is 5.97 Å². The van der Waals surface area contributed by atoms with E-state index in [1.54, 1.807) is 54.6 Å². The molecule has 3 rings (SSSR count). The second-order valence-corrected chi connectivity index (χ2v) is 5.82. The highest BCUT2D eigenvalue weighted by atomic mass is 16.5. The Kier molecular flexibility index (Phi) is 4.95. The van der Waals surface area contributed by atoms with Crippen LogP contribution in [-0.2, 0) is 4.74 Å². The molecule has 2 aromatic rings. The molecule has 1 aliphatic rings. The zero-order valence-corrected chi connectivity index (χ0v) is 14.1. The number of imide groups is 1. The first-order chi connectivity index (χ1) is 12.5. The predicted octanol–water partition coefficient (Wildman–Crippen LogP) is 2.15. The molecule has 0 saturated carbocycles. The fourth-order valence-corrected chi connectivity index (χ4v) is 2.80. The number of ether oxygens (including phenoxy) is 1. The van der Waals surface area contributed by atoms with Crippen LogP contribution in [0.15, 0.2) is 54.1 Å². The zero-order valence-electron chi connectivity index (χ0n) is 14.1. The molecule has 0 fully saturated rings. The number of aliphatic hydroxyl groups is 1. The van der Waals surface area contributed by atoms with E-state index in [9.17, 15) is 19.5 Å². The topological polar surface area (TPSA) is 83.9 Å². The first-order valence-electron chi connectivity index (χ1n) is 7.99. The molecule has 0 saturated heterocycles. The monoisotopic (exact) mass is 351 g/mol. The molecule has 2 amide bonds. The van der Waals surface area contributed by atoms with Gasteiger partial charge in [0, 0.05) is 0 Å². The van der Waals surface area contributed by atoms with Gasteiger partial charge in [0.05, 0.1) is 37.0 Å². The van der Waals surface area contributed by atoms with Crippen LogP contribution in [0.25, 0.3) is 6.08 Å². The molecule has 6 nitrogen and oxygen atoms in total. The molecule has 0 radical (unpaired) electrons. The van der Waals surface area contributed by atoms with Crippen molar-refractivity contribution in [1.29, 1.82) is 0 Å². The van der Waals surface area contributed by atoms with E-state index >= 15 is 0 Å². The molecule has 1 aliphatic heterocycles. The van der Waals surface area contributed by atoms with Crippen LogP contribution in [0.4, 0.5) is 0 Å². The largest absolute Gasteiger partial charge is 0.465 e. The van der Waals surface area contributed by atoms with Crippen LogP contribution in [0.1, 0.15) is 36.6 Å². The van der Waals surface area contributed by atoms with Crippen molar-refractivity contribution in [2.24, 2.45) is 0 Å². The average molecular weight is 351 g/mol. The molecule has 26 heavy (non-hydrogen) atoms. The molecule has 132 valence electrons. The van der Waals surface area contributed by atoms with E-state index in [0.717, 1.165) is 10.5 Å². The number of carbonyl (C=O) groups excluding carboxylic acids is 3. The lowest BCUT2D eigenvalue weighted by Gasteiger charge is -2.15. The van der Waals surface area contributed by atoms with Crippen LogP contribution < -0.4 is 0 Å². The number of hydrogen-bond acceptors (Lipinski definition) is 5. The highest BCUT2D eigenvalue weighted by molar-refractivity contribution is 6.21. The number of amides is 2. The fraction of sp³-hybridized carbons (Fsp3) is 0.150. The SMILES string of the molecule is COC(=O)c1ccc(/C=C(\CO)CN2C(=O)c3ccccc3C2=O)cc1. The van der Waals surface area contributed by atoms with Gasteiger partial charge in [0.2, 0.25) is 0 Å². The summed E-state index contributed by atoms with van der Waals surface area (Å²) in [6, 6.07) is 13.3. The minimum Gasteiger partial charge on any atom is -0.465 e. The summed E-state index contributed by atoms with van der Waals surface area (Å²) in [7, 11) is 1.31. The van der Waals surface area contributed by atoms with Gasteiger partial charge in [0.15, 0.2) is 0 Å². The number of hydrogen-bond donors (Lipinski definition) is 1. The quantitative estimate of drug-likeness (QED) is 0.659. The molecule has 1 heterocycles. The van der Waals surface area contributed by atoms with Gasteiger partial charge in [0.25, 0.3) is 11.8 Å². The van der Waals surface area contributed by atoms with E-state index in [2.05, 4.69) is 4.74 Å². The van der Waals surface area contributed by atoms with Crippen molar-refractivity contribution in [3.05, 3.63) is 76.4 Å². The van der Waals surface area contributed by atoms with E-state index < -0.39 is 5.97 Å². The Balaban J connectivity index is 1.80. The van der Waals surface area contributed by atoms with Gasteiger partial charge in [-0.3, -0.25) is 14.5 Å². The van der Waals surface area contributed by atoms with Gasteiger partial charge in [-0.25, -0.2) is 4.79 Å². The number of fused-ring (bicyclic) bond motifs is 1. The molecule has 6 heteroatoms. The Bertz CT molecular complexity index is 864. The van der Waals surface area contributed by atoms with Gasteiger partial charge < -0.3 is 9.84 Å². The number of esters is 1. The molecule has 0 aromatic heterocycles. The summed E-state index contributed by atoms with van der Waals surface area (Å²) >= 11 is 0. The van der Waals surface area contributed by atoms with Crippen LogP contribution in [-0.4, -0.2) is 48.1 Å². The minimum atomic E-state index is -0.436. The normalized spacial score (nSPS) is 13.8. The van der Waals surface area contributed by atoms with Crippen molar-refractivity contribution >= 4 is 23.9 Å². The smallest absolute Gasteiger partial charge is 0.337 e. The Hall–Kier alpha value is -3.25. The maximum atomic E-state index is 12.4. The number of carbonyl (C=O) groups is 3. The molecular formula is C20H17NO5. The van der Waals surface area contributed by atoms with Crippen LogP contribution in [0.2, 0.25) is 0 Å². The third kappa shape index (κ3) is 3.27. The summed E-state index contributed by atoms with van der Waals surface area (Å²) < 4.78 is 4.65. The van der Waals surface area contributed by atoms with Gasteiger partial charge in [-0.05, 0) is 35.4 Å². The van der Waals surface area contributed by atoms with Gasteiger partial charge in [-0.2, -0.15) is 0 Å². The highest BCUT2D eigenvalue weighted by Crippen LogP contribution is 2.23. The lowest BCUT2D eigenvalue weighted by atomic mass is 10.1. The van der Waals surface area contributed by atoms with E-state index in [4.69, 9.17) is 0 Å². The number of rotatable bonds is 5. The van der Waals surface area contributed by atoms with Gasteiger partial charge in [0.1, 0.15) is 0 Å². The third-order valence-corrected chi connectivity index (χ3v) is 4.15. The molecule has 2 aromatic carbocycles. The summed E-state index contributed by atoms with van der Waals surface area (Å²) in [6.07, 6.45) is 1.69. The van der Waals surface area contributed by atoms with E-state index in [0.29, 0.717) is 22.3 Å². The van der Waals surface area contributed by atoms with Crippen LogP contribution in [0, 0.1) is 0 Å². The summed E-state index contributed by atoms with van der Waals surface area (Å²) in [5, 5.41) is 9.63. The van der Waals surface area contributed by atoms with Crippen LogP contribution in [0.5, 0.6) is 0 Å². The summed E-state index contributed by atoms with van der Waals surface area (Å²) in [4.78, 5) is 37.4. The number of nitrogens with zero attached hydrogens (tertiary/aromatic N) is 1. The lowest BCUT2D eigenvalue weighted by molar-refractivity contribution is 0.0598. The first-order valence-corrected chi connectivity index (χ1v) is 7.99. The van der Waals surface area contributed by atoms with E-state index in [-0.39, 0.29) is 25.0 Å². The van der Waals surface area contributed by atoms with Crippen molar-refractivity contribution in [1.82, 2.24) is 4.90 Å². The first kappa shape index (κ1) is 17.6.